The quantitative estimate of drug-likeness (QED) is 0.498. The summed E-state index contributed by atoms with van der Waals surface area (Å²) in [5.74, 6) is 0.146. The first kappa shape index (κ1) is 25.3. The second-order valence-corrected chi connectivity index (χ2v) is 10.2. The lowest BCUT2D eigenvalue weighted by Gasteiger charge is -2.34. The first-order chi connectivity index (χ1) is 15.5. The van der Waals surface area contributed by atoms with Crippen molar-refractivity contribution >= 4 is 58.1 Å². The average Bonchev–Trinajstić information content (AvgIpc) is 3.31. The van der Waals surface area contributed by atoms with Gasteiger partial charge in [-0.2, -0.15) is 11.8 Å². The normalized spacial score (nSPS) is 16.3. The largest absolute Gasteiger partial charge is 0.379 e. The van der Waals surface area contributed by atoms with Crippen LogP contribution in [0.3, 0.4) is 0 Å². The summed E-state index contributed by atoms with van der Waals surface area (Å²) in [6, 6.07) is 8.21. The second kappa shape index (κ2) is 12.8. The minimum atomic E-state index is -0.657. The number of nitrogens with zero attached hydrogens (tertiary/aromatic N) is 1. The predicted octanol–water partition coefficient (Wildman–Crippen LogP) is 4.10. The molecule has 0 aliphatic carbocycles. The third-order valence-corrected chi connectivity index (χ3v) is 7.40. The minimum absolute atomic E-state index is 0.0745. The van der Waals surface area contributed by atoms with E-state index in [1.165, 1.54) is 10.9 Å². The van der Waals surface area contributed by atoms with Crippen LogP contribution in [-0.4, -0.2) is 67.6 Å². The maximum absolute atomic E-state index is 13.1. The molecule has 0 saturated carbocycles. The molecule has 3 rings (SSSR count). The number of benzene rings is 1. The van der Waals surface area contributed by atoms with Crippen molar-refractivity contribution in [3.05, 3.63) is 56.2 Å². The molecule has 2 unspecified atom stereocenters. The van der Waals surface area contributed by atoms with E-state index in [1.54, 1.807) is 35.2 Å². The van der Waals surface area contributed by atoms with E-state index in [0.29, 0.717) is 36.8 Å². The van der Waals surface area contributed by atoms with Crippen molar-refractivity contribution in [3.8, 4) is 0 Å². The van der Waals surface area contributed by atoms with Gasteiger partial charge in [-0.05, 0) is 48.1 Å². The SMILES string of the molecule is CSCCC(NC(=O)c1ccc(Cl)cc1Cl)C(=O)NCC(c1cccs1)N1CCOCC1. The van der Waals surface area contributed by atoms with Crippen molar-refractivity contribution in [1.82, 2.24) is 15.5 Å². The highest BCUT2D eigenvalue weighted by atomic mass is 35.5. The number of halogens is 2. The van der Waals surface area contributed by atoms with E-state index < -0.39 is 11.9 Å². The molecule has 2 amide bonds. The summed E-state index contributed by atoms with van der Waals surface area (Å²) >= 11 is 15.4. The van der Waals surface area contributed by atoms with E-state index in [0.717, 1.165) is 18.8 Å². The molecule has 2 atom stereocenters. The monoisotopic (exact) mass is 515 g/mol. The molecule has 1 aromatic carbocycles. The van der Waals surface area contributed by atoms with E-state index in [4.69, 9.17) is 27.9 Å². The van der Waals surface area contributed by atoms with E-state index in [1.807, 2.05) is 17.7 Å². The minimum Gasteiger partial charge on any atom is -0.379 e. The van der Waals surface area contributed by atoms with Crippen LogP contribution in [-0.2, 0) is 9.53 Å². The van der Waals surface area contributed by atoms with Gasteiger partial charge < -0.3 is 15.4 Å². The zero-order chi connectivity index (χ0) is 22.9. The molecule has 1 aromatic heterocycles. The van der Waals surface area contributed by atoms with Crippen LogP contribution in [0.4, 0.5) is 0 Å². The van der Waals surface area contributed by atoms with Crippen LogP contribution >= 0.6 is 46.3 Å². The summed E-state index contributed by atoms with van der Waals surface area (Å²) in [4.78, 5) is 29.4. The number of ether oxygens (including phenoxy) is 1. The van der Waals surface area contributed by atoms with Crippen molar-refractivity contribution in [1.29, 1.82) is 0 Å². The van der Waals surface area contributed by atoms with Crippen molar-refractivity contribution in [3.63, 3.8) is 0 Å². The Morgan fingerprint density at radius 1 is 1.25 bits per heavy atom. The van der Waals surface area contributed by atoms with Crippen LogP contribution in [0.25, 0.3) is 0 Å². The number of thiophene rings is 1. The molecule has 2 N–H and O–H groups in total. The number of carbonyl (C=O) groups is 2. The second-order valence-electron chi connectivity index (χ2n) is 7.36. The molecule has 174 valence electrons. The summed E-state index contributed by atoms with van der Waals surface area (Å²) in [7, 11) is 0. The highest BCUT2D eigenvalue weighted by Crippen LogP contribution is 2.25. The highest BCUT2D eigenvalue weighted by Gasteiger charge is 2.27. The number of nitrogens with one attached hydrogen (secondary N) is 2. The molecule has 0 radical (unpaired) electrons. The Morgan fingerprint density at radius 2 is 2.03 bits per heavy atom. The van der Waals surface area contributed by atoms with Crippen LogP contribution in [0, 0.1) is 0 Å². The van der Waals surface area contributed by atoms with E-state index in [9.17, 15) is 9.59 Å². The van der Waals surface area contributed by atoms with Crippen molar-refractivity contribution in [2.75, 3.05) is 44.9 Å². The molecule has 0 bridgehead atoms. The van der Waals surface area contributed by atoms with E-state index >= 15 is 0 Å². The summed E-state index contributed by atoms with van der Waals surface area (Å²) in [6.45, 7) is 3.47. The Bertz CT molecular complexity index is 893. The lowest BCUT2D eigenvalue weighted by Crippen LogP contribution is -2.50. The lowest BCUT2D eigenvalue weighted by atomic mass is 10.1. The number of hydrogen-bond acceptors (Lipinski definition) is 6. The Balaban J connectivity index is 1.67. The molecule has 2 heterocycles. The van der Waals surface area contributed by atoms with E-state index in [2.05, 4.69) is 21.6 Å². The van der Waals surface area contributed by atoms with Gasteiger partial charge in [0.2, 0.25) is 5.91 Å². The Hall–Kier alpha value is -1.29. The smallest absolute Gasteiger partial charge is 0.253 e. The van der Waals surface area contributed by atoms with Crippen molar-refractivity contribution in [2.24, 2.45) is 0 Å². The topological polar surface area (TPSA) is 70.7 Å². The van der Waals surface area contributed by atoms with Gasteiger partial charge in [-0.15, -0.1) is 11.3 Å². The zero-order valence-electron chi connectivity index (χ0n) is 17.8. The molecule has 1 aliphatic heterocycles. The standard InChI is InChI=1S/C22H27Cl2N3O3S2/c1-31-12-6-18(26-21(28)16-5-4-15(23)13-17(16)24)22(29)25-14-19(20-3-2-11-32-20)27-7-9-30-10-8-27/h2-5,11,13,18-19H,6-10,12,14H2,1H3,(H,25,29)(H,26,28). The van der Waals surface area contributed by atoms with Crippen molar-refractivity contribution in [2.45, 2.75) is 18.5 Å². The van der Waals surface area contributed by atoms with Gasteiger partial charge in [0.25, 0.3) is 5.91 Å². The molecule has 2 aromatic rings. The Labute approximate surface area is 207 Å². The van der Waals surface area contributed by atoms with Gasteiger partial charge in [-0.3, -0.25) is 14.5 Å². The number of morpholine rings is 1. The van der Waals surface area contributed by atoms with Gasteiger partial charge in [-0.1, -0.05) is 29.3 Å². The zero-order valence-corrected chi connectivity index (χ0v) is 21.0. The van der Waals surface area contributed by atoms with E-state index in [-0.39, 0.29) is 17.0 Å². The Kier molecular flexibility index (Phi) is 10.1. The molecular weight excluding hydrogens is 489 g/mol. The van der Waals surface area contributed by atoms with Crippen LogP contribution in [0.15, 0.2) is 35.7 Å². The maximum atomic E-state index is 13.1. The number of hydrogen-bond donors (Lipinski definition) is 2. The maximum Gasteiger partial charge on any atom is 0.253 e. The summed E-state index contributed by atoms with van der Waals surface area (Å²) in [5.41, 5.74) is 0.294. The molecular formula is C22H27Cl2N3O3S2. The van der Waals surface area contributed by atoms with Gasteiger partial charge in [0.15, 0.2) is 0 Å². The van der Waals surface area contributed by atoms with Gasteiger partial charge in [0.1, 0.15) is 6.04 Å². The van der Waals surface area contributed by atoms with Gasteiger partial charge in [-0.25, -0.2) is 0 Å². The lowest BCUT2D eigenvalue weighted by molar-refractivity contribution is -0.123. The van der Waals surface area contributed by atoms with Gasteiger partial charge in [0.05, 0.1) is 29.8 Å². The third kappa shape index (κ3) is 7.10. The van der Waals surface area contributed by atoms with Crippen LogP contribution in [0.2, 0.25) is 10.0 Å². The summed E-state index contributed by atoms with van der Waals surface area (Å²) in [5, 5.41) is 8.66. The van der Waals surface area contributed by atoms with Crippen molar-refractivity contribution < 1.29 is 14.3 Å². The molecule has 1 aliphatic rings. The van der Waals surface area contributed by atoms with Gasteiger partial charge >= 0.3 is 0 Å². The molecule has 10 heteroatoms. The molecule has 1 fully saturated rings. The Morgan fingerprint density at radius 3 is 2.69 bits per heavy atom. The number of amides is 2. The van der Waals surface area contributed by atoms with Crippen LogP contribution in [0.5, 0.6) is 0 Å². The number of rotatable bonds is 10. The highest BCUT2D eigenvalue weighted by molar-refractivity contribution is 7.98. The number of thioether (sulfide) groups is 1. The van der Waals surface area contributed by atoms with Gasteiger partial charge in [0, 0.05) is 29.5 Å². The first-order valence-corrected chi connectivity index (χ1v) is 13.4. The van der Waals surface area contributed by atoms with Crippen LogP contribution in [0.1, 0.15) is 27.7 Å². The fourth-order valence-electron chi connectivity index (χ4n) is 3.51. The first-order valence-electron chi connectivity index (χ1n) is 10.4. The third-order valence-electron chi connectivity index (χ3n) is 5.24. The summed E-state index contributed by atoms with van der Waals surface area (Å²) in [6.07, 6.45) is 2.49. The fourth-order valence-corrected chi connectivity index (χ4v) is 5.34. The predicted molar refractivity (Wildman–Crippen MR) is 133 cm³/mol. The average molecular weight is 517 g/mol. The molecule has 32 heavy (non-hydrogen) atoms. The fraction of sp³-hybridized carbons (Fsp3) is 0.455. The summed E-state index contributed by atoms with van der Waals surface area (Å²) < 4.78 is 5.48. The number of carbonyl (C=O) groups excluding carboxylic acids is 2. The molecule has 6 nitrogen and oxygen atoms in total. The molecule has 1 saturated heterocycles. The van der Waals surface area contributed by atoms with Crippen LogP contribution < -0.4 is 10.6 Å². The molecule has 0 spiro atoms.